The molecule has 0 aliphatic carbocycles. The molecule has 1 rings (SSSR count). The minimum atomic E-state index is -0.0165. The molecule has 0 radical (unpaired) electrons. The summed E-state index contributed by atoms with van der Waals surface area (Å²) in [6.07, 6.45) is 0.317. The zero-order chi connectivity index (χ0) is 11.1. The van der Waals surface area contributed by atoms with E-state index in [0.29, 0.717) is 23.5 Å². The summed E-state index contributed by atoms with van der Waals surface area (Å²) in [4.78, 5) is 12.3. The second-order valence-corrected chi connectivity index (χ2v) is 3.51. The zero-order valence-corrected chi connectivity index (χ0v) is 9.24. The van der Waals surface area contributed by atoms with Gasteiger partial charge < -0.3 is 9.84 Å². The molecule has 0 saturated carbocycles. The maximum absolute atomic E-state index is 11.6. The fourth-order valence-corrected chi connectivity index (χ4v) is 1.46. The number of hydrogen-bond acceptors (Lipinski definition) is 4. The highest BCUT2D eigenvalue weighted by molar-refractivity contribution is 7.80. The molecule has 0 aliphatic heterocycles. The number of Topliss-reactive ketones (excluding diaryl/α,β-unsaturated/α-hetero) is 1. The SMILES string of the molecule is O=C(CCOCCO)c1ccccc1S. The van der Waals surface area contributed by atoms with E-state index in [1.54, 1.807) is 12.1 Å². The van der Waals surface area contributed by atoms with Crippen molar-refractivity contribution in [1.29, 1.82) is 0 Å². The van der Waals surface area contributed by atoms with Crippen LogP contribution in [0.1, 0.15) is 16.8 Å². The third-order valence-electron chi connectivity index (χ3n) is 1.91. The molecule has 3 nitrogen and oxygen atoms in total. The Hall–Kier alpha value is -0.840. The van der Waals surface area contributed by atoms with Gasteiger partial charge in [-0.05, 0) is 6.07 Å². The van der Waals surface area contributed by atoms with Gasteiger partial charge in [-0.15, -0.1) is 12.6 Å². The summed E-state index contributed by atoms with van der Waals surface area (Å²) in [5, 5.41) is 8.47. The van der Waals surface area contributed by atoms with Crippen molar-refractivity contribution in [1.82, 2.24) is 0 Å². The Morgan fingerprint density at radius 3 is 2.73 bits per heavy atom. The highest BCUT2D eigenvalue weighted by Crippen LogP contribution is 2.14. The average Bonchev–Trinajstić information content (AvgIpc) is 2.25. The van der Waals surface area contributed by atoms with Crippen molar-refractivity contribution >= 4 is 18.4 Å². The molecule has 1 aromatic carbocycles. The maximum atomic E-state index is 11.6. The molecule has 0 fully saturated rings. The van der Waals surface area contributed by atoms with Gasteiger partial charge in [0.2, 0.25) is 0 Å². The van der Waals surface area contributed by atoms with Gasteiger partial charge in [-0.2, -0.15) is 0 Å². The van der Waals surface area contributed by atoms with E-state index in [2.05, 4.69) is 12.6 Å². The van der Waals surface area contributed by atoms with Gasteiger partial charge in [-0.1, -0.05) is 18.2 Å². The van der Waals surface area contributed by atoms with Crippen molar-refractivity contribution < 1.29 is 14.6 Å². The van der Waals surface area contributed by atoms with Gasteiger partial charge in [-0.25, -0.2) is 0 Å². The Labute approximate surface area is 94.5 Å². The van der Waals surface area contributed by atoms with Gasteiger partial charge in [0.15, 0.2) is 5.78 Å². The number of ketones is 1. The minimum absolute atomic E-state index is 0.0125. The van der Waals surface area contributed by atoms with Gasteiger partial charge in [0.05, 0.1) is 19.8 Å². The summed E-state index contributed by atoms with van der Waals surface area (Å²) in [5.74, 6) is 0.0125. The molecular weight excluding hydrogens is 212 g/mol. The number of benzene rings is 1. The number of carbonyl (C=O) groups is 1. The summed E-state index contributed by atoms with van der Waals surface area (Å²) >= 11 is 4.20. The van der Waals surface area contributed by atoms with E-state index in [1.165, 1.54) is 0 Å². The predicted molar refractivity (Wildman–Crippen MR) is 60.5 cm³/mol. The molecule has 0 saturated heterocycles. The van der Waals surface area contributed by atoms with Gasteiger partial charge >= 0.3 is 0 Å². The van der Waals surface area contributed by atoms with E-state index in [1.807, 2.05) is 12.1 Å². The Kier molecular flexibility index (Phi) is 5.39. The highest BCUT2D eigenvalue weighted by Gasteiger charge is 2.08. The lowest BCUT2D eigenvalue weighted by molar-refractivity contribution is 0.0764. The Morgan fingerprint density at radius 2 is 2.07 bits per heavy atom. The molecule has 82 valence electrons. The van der Waals surface area contributed by atoms with Crippen LogP contribution in [0.4, 0.5) is 0 Å². The number of hydrogen-bond donors (Lipinski definition) is 2. The second kappa shape index (κ2) is 6.61. The van der Waals surface area contributed by atoms with Crippen molar-refractivity contribution in [3.63, 3.8) is 0 Å². The third kappa shape index (κ3) is 4.03. The van der Waals surface area contributed by atoms with Gasteiger partial charge in [0.1, 0.15) is 0 Å². The molecule has 0 heterocycles. The predicted octanol–water partition coefficient (Wildman–Crippen LogP) is 1.56. The summed E-state index contributed by atoms with van der Waals surface area (Å²) in [5.41, 5.74) is 0.619. The third-order valence-corrected chi connectivity index (χ3v) is 2.30. The number of thiol groups is 1. The largest absolute Gasteiger partial charge is 0.394 e. The first-order chi connectivity index (χ1) is 7.25. The van der Waals surface area contributed by atoms with E-state index in [9.17, 15) is 4.79 Å². The van der Waals surface area contributed by atoms with Crippen LogP contribution in [0.2, 0.25) is 0 Å². The smallest absolute Gasteiger partial charge is 0.166 e. The zero-order valence-electron chi connectivity index (χ0n) is 8.35. The first-order valence-corrected chi connectivity index (χ1v) is 5.20. The first-order valence-electron chi connectivity index (χ1n) is 4.75. The number of carbonyl (C=O) groups excluding carboxylic acids is 1. The molecule has 0 bridgehead atoms. The number of ether oxygens (including phenoxy) is 1. The van der Waals surface area contributed by atoms with Gasteiger partial charge in [-0.3, -0.25) is 4.79 Å². The average molecular weight is 226 g/mol. The summed E-state index contributed by atoms with van der Waals surface area (Å²) in [6.45, 7) is 0.592. The monoisotopic (exact) mass is 226 g/mol. The van der Waals surface area contributed by atoms with Crippen molar-refractivity contribution in [2.45, 2.75) is 11.3 Å². The van der Waals surface area contributed by atoms with Crippen LogP contribution in [-0.4, -0.2) is 30.7 Å². The molecule has 4 heteroatoms. The minimum Gasteiger partial charge on any atom is -0.394 e. The molecule has 0 atom stereocenters. The summed E-state index contributed by atoms with van der Waals surface area (Å²) < 4.78 is 5.02. The lowest BCUT2D eigenvalue weighted by Crippen LogP contribution is -2.07. The first kappa shape index (κ1) is 12.2. The Bertz CT molecular complexity index is 325. The van der Waals surface area contributed by atoms with Crippen molar-refractivity contribution in [2.75, 3.05) is 19.8 Å². The molecule has 0 aliphatic rings. The van der Waals surface area contributed by atoms with Crippen LogP contribution in [0.15, 0.2) is 29.2 Å². The molecule has 0 unspecified atom stereocenters. The number of aliphatic hydroxyl groups is 1. The van der Waals surface area contributed by atoms with E-state index in [0.717, 1.165) is 0 Å². The van der Waals surface area contributed by atoms with Crippen LogP contribution >= 0.6 is 12.6 Å². The van der Waals surface area contributed by atoms with E-state index >= 15 is 0 Å². The molecular formula is C11H14O3S. The quantitative estimate of drug-likeness (QED) is 0.439. The molecule has 1 aromatic rings. The number of aliphatic hydroxyl groups excluding tert-OH is 1. The topological polar surface area (TPSA) is 46.5 Å². The van der Waals surface area contributed by atoms with Crippen LogP contribution < -0.4 is 0 Å². The normalized spacial score (nSPS) is 10.3. The van der Waals surface area contributed by atoms with E-state index in [-0.39, 0.29) is 19.0 Å². The second-order valence-electron chi connectivity index (χ2n) is 3.03. The standard InChI is InChI=1S/C11H14O3S/c12-6-8-14-7-5-10(13)9-3-1-2-4-11(9)15/h1-4,12,15H,5-8H2. The Morgan fingerprint density at radius 1 is 1.33 bits per heavy atom. The fraction of sp³-hybridized carbons (Fsp3) is 0.364. The summed E-state index contributed by atoms with van der Waals surface area (Å²) in [6, 6.07) is 7.17. The summed E-state index contributed by atoms with van der Waals surface area (Å²) in [7, 11) is 0. The molecule has 0 spiro atoms. The fourth-order valence-electron chi connectivity index (χ4n) is 1.18. The molecule has 0 amide bonds. The maximum Gasteiger partial charge on any atom is 0.166 e. The van der Waals surface area contributed by atoms with Crippen LogP contribution in [-0.2, 0) is 4.74 Å². The van der Waals surface area contributed by atoms with Crippen LogP contribution in [0.25, 0.3) is 0 Å². The number of rotatable bonds is 6. The Balaban J connectivity index is 2.44. The van der Waals surface area contributed by atoms with Crippen molar-refractivity contribution in [3.8, 4) is 0 Å². The van der Waals surface area contributed by atoms with E-state index in [4.69, 9.17) is 9.84 Å². The van der Waals surface area contributed by atoms with Gasteiger partial charge in [0, 0.05) is 16.9 Å². The van der Waals surface area contributed by atoms with Crippen LogP contribution in [0.3, 0.4) is 0 Å². The van der Waals surface area contributed by atoms with E-state index < -0.39 is 0 Å². The van der Waals surface area contributed by atoms with Gasteiger partial charge in [0.25, 0.3) is 0 Å². The van der Waals surface area contributed by atoms with Crippen LogP contribution in [0.5, 0.6) is 0 Å². The molecule has 1 N–H and O–H groups in total. The van der Waals surface area contributed by atoms with Crippen LogP contribution in [0, 0.1) is 0 Å². The lowest BCUT2D eigenvalue weighted by atomic mass is 10.1. The lowest BCUT2D eigenvalue weighted by Gasteiger charge is -2.04. The highest BCUT2D eigenvalue weighted by atomic mass is 32.1. The van der Waals surface area contributed by atoms with Crippen molar-refractivity contribution in [2.24, 2.45) is 0 Å². The molecule has 0 aromatic heterocycles. The molecule has 15 heavy (non-hydrogen) atoms. The van der Waals surface area contributed by atoms with Crippen molar-refractivity contribution in [3.05, 3.63) is 29.8 Å².